The van der Waals surface area contributed by atoms with Crippen LogP contribution in [0.2, 0.25) is 0 Å². The quantitative estimate of drug-likeness (QED) is 0.275. The second-order valence-corrected chi connectivity index (χ2v) is 8.28. The Balaban J connectivity index is 4.05. The first-order chi connectivity index (χ1) is 12.6. The Morgan fingerprint density at radius 3 is 2.04 bits per heavy atom. The third-order valence-electron chi connectivity index (χ3n) is 5.02. The highest BCUT2D eigenvalue weighted by Crippen LogP contribution is 2.19. The van der Waals surface area contributed by atoms with E-state index in [0.717, 1.165) is 24.7 Å². The van der Waals surface area contributed by atoms with Crippen LogP contribution >= 0.6 is 0 Å². The Morgan fingerprint density at radius 2 is 1.48 bits per heavy atom. The van der Waals surface area contributed by atoms with E-state index in [-0.39, 0.29) is 6.42 Å². The van der Waals surface area contributed by atoms with E-state index in [0.29, 0.717) is 6.42 Å². The van der Waals surface area contributed by atoms with E-state index in [2.05, 4.69) is 20.8 Å². The minimum absolute atomic E-state index is 0.188. The number of carboxylic acid groups (broad SMARTS) is 1. The van der Waals surface area contributed by atoms with Crippen LogP contribution in [0.25, 0.3) is 0 Å². The van der Waals surface area contributed by atoms with Gasteiger partial charge in [-0.15, -0.1) is 0 Å². The Hall–Kier alpha value is -0.950. The van der Waals surface area contributed by atoms with Gasteiger partial charge in [0.05, 0.1) is 6.10 Å². The Morgan fingerprint density at radius 1 is 0.889 bits per heavy atom. The molecule has 6 heteroatoms. The molecule has 27 heavy (non-hydrogen) atoms. The zero-order chi connectivity index (χ0) is 21.0. The van der Waals surface area contributed by atoms with E-state index >= 15 is 0 Å². The summed E-state index contributed by atoms with van der Waals surface area (Å²) in [5.74, 6) is -0.136. The highest BCUT2D eigenvalue weighted by molar-refractivity contribution is 5.72. The summed E-state index contributed by atoms with van der Waals surface area (Å²) in [6.07, 6.45) is 2.85. The van der Waals surface area contributed by atoms with Gasteiger partial charge in [0.1, 0.15) is 12.2 Å². The van der Waals surface area contributed by atoms with E-state index in [1.54, 1.807) is 0 Å². The number of aliphatic hydroxyl groups excluding tert-OH is 4. The fourth-order valence-corrected chi connectivity index (χ4v) is 3.08. The zero-order valence-corrected chi connectivity index (χ0v) is 17.3. The van der Waals surface area contributed by atoms with E-state index < -0.39 is 30.4 Å². The molecule has 0 aliphatic heterocycles. The average Bonchev–Trinajstić information content (AvgIpc) is 2.59. The van der Waals surface area contributed by atoms with Crippen molar-refractivity contribution in [2.75, 3.05) is 0 Å². The summed E-state index contributed by atoms with van der Waals surface area (Å²) >= 11 is 0. The Kier molecular flexibility index (Phi) is 13.6. The molecule has 0 saturated heterocycles. The SMILES string of the molecule is CC(=CCCC(O)[C@H](O)[C@@H](O)[C@H](O)C(=O)O)CCCC(C)CCCC(C)C. The fourth-order valence-electron chi connectivity index (χ4n) is 3.08. The van der Waals surface area contributed by atoms with Gasteiger partial charge in [-0.05, 0) is 44.4 Å². The normalized spacial score (nSPS) is 18.2. The van der Waals surface area contributed by atoms with Crippen molar-refractivity contribution in [1.82, 2.24) is 0 Å². The smallest absolute Gasteiger partial charge is 0.335 e. The molecule has 0 fully saturated rings. The summed E-state index contributed by atoms with van der Waals surface area (Å²) < 4.78 is 0. The Labute approximate surface area is 163 Å². The standard InChI is InChI=1S/C21H40O6/c1-14(2)8-5-9-15(3)10-6-11-16(4)12-7-13-17(22)18(23)19(24)20(25)21(26)27/h12,14-15,17-20,22-25H,5-11,13H2,1-4H3,(H,26,27)/t15?,17?,18-,19+,20-/m0/s1. The molecule has 2 unspecified atom stereocenters. The van der Waals surface area contributed by atoms with Crippen molar-refractivity contribution in [2.24, 2.45) is 11.8 Å². The lowest BCUT2D eigenvalue weighted by molar-refractivity contribution is -0.162. The monoisotopic (exact) mass is 388 g/mol. The van der Waals surface area contributed by atoms with E-state index in [4.69, 9.17) is 5.11 Å². The lowest BCUT2D eigenvalue weighted by atomic mass is 9.94. The molecule has 0 aromatic heterocycles. The molecule has 0 bridgehead atoms. The number of rotatable bonds is 15. The molecule has 0 saturated carbocycles. The molecule has 0 amide bonds. The van der Waals surface area contributed by atoms with E-state index in [9.17, 15) is 25.2 Å². The molecule has 0 radical (unpaired) electrons. The largest absolute Gasteiger partial charge is 0.479 e. The highest BCUT2D eigenvalue weighted by Gasteiger charge is 2.33. The second-order valence-electron chi connectivity index (χ2n) is 8.28. The molecule has 0 spiro atoms. The van der Waals surface area contributed by atoms with Gasteiger partial charge in [-0.1, -0.05) is 58.1 Å². The van der Waals surface area contributed by atoms with Gasteiger partial charge in [0.25, 0.3) is 0 Å². The van der Waals surface area contributed by atoms with E-state index in [1.807, 2.05) is 13.0 Å². The third-order valence-corrected chi connectivity index (χ3v) is 5.02. The summed E-state index contributed by atoms with van der Waals surface area (Å²) in [7, 11) is 0. The molecule has 0 rings (SSSR count). The van der Waals surface area contributed by atoms with Crippen molar-refractivity contribution in [3.05, 3.63) is 11.6 Å². The number of allylic oxidation sites excluding steroid dienone is 2. The summed E-state index contributed by atoms with van der Waals surface area (Å²) in [5.41, 5.74) is 1.22. The van der Waals surface area contributed by atoms with Crippen LogP contribution in [0.15, 0.2) is 11.6 Å². The molecular weight excluding hydrogens is 348 g/mol. The van der Waals surface area contributed by atoms with Gasteiger partial charge in [-0.25, -0.2) is 4.79 Å². The molecular formula is C21H40O6. The van der Waals surface area contributed by atoms with Crippen molar-refractivity contribution < 1.29 is 30.3 Å². The molecule has 160 valence electrons. The van der Waals surface area contributed by atoms with Crippen LogP contribution in [-0.2, 0) is 4.79 Å². The number of aliphatic carboxylic acids is 1. The lowest BCUT2D eigenvalue weighted by Gasteiger charge is -2.24. The first-order valence-electron chi connectivity index (χ1n) is 10.2. The maximum absolute atomic E-state index is 10.6. The lowest BCUT2D eigenvalue weighted by Crippen LogP contribution is -2.47. The Bertz CT molecular complexity index is 434. The first-order valence-corrected chi connectivity index (χ1v) is 10.2. The van der Waals surface area contributed by atoms with Crippen molar-refractivity contribution in [2.45, 2.75) is 103 Å². The van der Waals surface area contributed by atoms with Crippen LogP contribution in [0.1, 0.15) is 79.1 Å². The number of carbonyl (C=O) groups is 1. The number of carboxylic acids is 1. The maximum atomic E-state index is 10.6. The predicted molar refractivity (Wildman–Crippen MR) is 106 cm³/mol. The van der Waals surface area contributed by atoms with Gasteiger partial charge in [-0.3, -0.25) is 0 Å². The number of hydrogen-bond donors (Lipinski definition) is 5. The van der Waals surface area contributed by atoms with Crippen molar-refractivity contribution in [3.8, 4) is 0 Å². The van der Waals surface area contributed by atoms with Gasteiger partial charge in [0.15, 0.2) is 6.10 Å². The topological polar surface area (TPSA) is 118 Å². The number of hydrogen-bond acceptors (Lipinski definition) is 5. The van der Waals surface area contributed by atoms with Crippen molar-refractivity contribution >= 4 is 5.97 Å². The summed E-state index contributed by atoms with van der Waals surface area (Å²) in [5, 5.41) is 47.0. The third kappa shape index (κ3) is 12.2. The average molecular weight is 389 g/mol. The van der Waals surface area contributed by atoms with Gasteiger partial charge in [0, 0.05) is 0 Å². The summed E-state index contributed by atoms with van der Waals surface area (Å²) in [4.78, 5) is 10.6. The molecule has 0 aromatic rings. The fraction of sp³-hybridized carbons (Fsp3) is 0.857. The second kappa shape index (κ2) is 14.1. The van der Waals surface area contributed by atoms with E-state index in [1.165, 1.54) is 31.3 Å². The van der Waals surface area contributed by atoms with Crippen molar-refractivity contribution in [1.29, 1.82) is 0 Å². The molecule has 6 nitrogen and oxygen atoms in total. The highest BCUT2D eigenvalue weighted by atomic mass is 16.4. The van der Waals surface area contributed by atoms with Crippen LogP contribution in [0.3, 0.4) is 0 Å². The molecule has 0 aliphatic rings. The number of aliphatic hydroxyl groups is 4. The summed E-state index contributed by atoms with van der Waals surface area (Å²) in [6, 6.07) is 0. The predicted octanol–water partition coefficient (Wildman–Crippen LogP) is 2.87. The van der Waals surface area contributed by atoms with Crippen molar-refractivity contribution in [3.63, 3.8) is 0 Å². The minimum Gasteiger partial charge on any atom is -0.479 e. The van der Waals surface area contributed by atoms with Gasteiger partial charge in [-0.2, -0.15) is 0 Å². The molecule has 0 heterocycles. The minimum atomic E-state index is -2.12. The van der Waals surface area contributed by atoms with Crippen LogP contribution < -0.4 is 0 Å². The summed E-state index contributed by atoms with van der Waals surface area (Å²) in [6.45, 7) is 8.84. The molecule has 5 atom stereocenters. The first kappa shape index (κ1) is 26.1. The van der Waals surface area contributed by atoms with Crippen LogP contribution in [-0.4, -0.2) is 55.9 Å². The van der Waals surface area contributed by atoms with Gasteiger partial charge < -0.3 is 25.5 Å². The van der Waals surface area contributed by atoms with Crippen LogP contribution in [0, 0.1) is 11.8 Å². The molecule has 0 aliphatic carbocycles. The van der Waals surface area contributed by atoms with Crippen LogP contribution in [0.5, 0.6) is 0 Å². The van der Waals surface area contributed by atoms with Gasteiger partial charge >= 0.3 is 5.97 Å². The van der Waals surface area contributed by atoms with Crippen LogP contribution in [0.4, 0.5) is 0 Å². The molecule has 0 aromatic carbocycles. The zero-order valence-electron chi connectivity index (χ0n) is 17.3. The maximum Gasteiger partial charge on any atom is 0.335 e. The van der Waals surface area contributed by atoms with Gasteiger partial charge in [0.2, 0.25) is 0 Å². The molecule has 5 N–H and O–H groups in total.